The maximum atomic E-state index is 12.2. The highest BCUT2D eigenvalue weighted by Crippen LogP contribution is 2.27. The zero-order valence-electron chi connectivity index (χ0n) is 11.0. The second kappa shape index (κ2) is 4.61. The molecule has 0 aliphatic heterocycles. The number of nitrogens with one attached hydrogen (secondary N) is 1. The van der Waals surface area contributed by atoms with Crippen LogP contribution in [-0.2, 0) is 7.05 Å². The van der Waals surface area contributed by atoms with E-state index < -0.39 is 0 Å². The summed E-state index contributed by atoms with van der Waals surface area (Å²) in [5, 5.41) is 7.49. The van der Waals surface area contributed by atoms with Crippen LogP contribution in [-0.4, -0.2) is 20.7 Å². The van der Waals surface area contributed by atoms with Crippen molar-refractivity contribution in [1.82, 2.24) is 14.8 Å². The molecule has 0 saturated carbocycles. The van der Waals surface area contributed by atoms with Crippen LogP contribution in [0.25, 0.3) is 10.2 Å². The Balaban J connectivity index is 1.89. The van der Waals surface area contributed by atoms with E-state index >= 15 is 0 Å². The van der Waals surface area contributed by atoms with Gasteiger partial charge in [-0.3, -0.25) is 14.8 Å². The molecule has 3 aromatic rings. The number of amides is 1. The van der Waals surface area contributed by atoms with Crippen LogP contribution in [0.5, 0.6) is 0 Å². The lowest BCUT2D eigenvalue weighted by atomic mass is 10.3. The maximum Gasteiger partial charge on any atom is 0.275 e. The fourth-order valence-electron chi connectivity index (χ4n) is 1.98. The van der Waals surface area contributed by atoms with E-state index in [1.165, 1.54) is 11.3 Å². The van der Waals surface area contributed by atoms with Crippen molar-refractivity contribution in [1.29, 1.82) is 0 Å². The van der Waals surface area contributed by atoms with E-state index in [2.05, 4.69) is 15.4 Å². The quantitative estimate of drug-likeness (QED) is 0.707. The van der Waals surface area contributed by atoms with Gasteiger partial charge in [-0.15, -0.1) is 0 Å². The third-order valence-corrected chi connectivity index (χ3v) is 3.80. The average molecular weight is 287 g/mol. The predicted molar refractivity (Wildman–Crippen MR) is 79.9 cm³/mol. The summed E-state index contributed by atoms with van der Waals surface area (Å²) in [7, 11) is 1.74. The molecule has 3 N–H and O–H groups in total. The molecule has 2 aromatic heterocycles. The number of carbonyl (C=O) groups excluding carboxylic acids is 1. The number of rotatable bonds is 2. The van der Waals surface area contributed by atoms with Crippen molar-refractivity contribution in [3.05, 3.63) is 35.7 Å². The average Bonchev–Trinajstić information content (AvgIpc) is 2.91. The molecule has 1 aromatic carbocycles. The summed E-state index contributed by atoms with van der Waals surface area (Å²) in [5.41, 5.74) is 8.53. The lowest BCUT2D eigenvalue weighted by molar-refractivity contribution is 0.101. The van der Waals surface area contributed by atoms with E-state index in [-0.39, 0.29) is 5.91 Å². The molecule has 0 bridgehead atoms. The lowest BCUT2D eigenvalue weighted by Crippen LogP contribution is -2.15. The minimum absolute atomic E-state index is 0.222. The molecule has 102 valence electrons. The molecule has 0 aliphatic carbocycles. The number of carbonyl (C=O) groups is 1. The molecule has 0 spiro atoms. The van der Waals surface area contributed by atoms with E-state index in [0.717, 1.165) is 15.9 Å². The first-order chi connectivity index (χ1) is 9.52. The van der Waals surface area contributed by atoms with Gasteiger partial charge in [0.2, 0.25) is 0 Å². The Morgan fingerprint density at radius 1 is 1.40 bits per heavy atom. The molecule has 0 aliphatic rings. The number of nitrogen functional groups attached to an aromatic ring is 1. The summed E-state index contributed by atoms with van der Waals surface area (Å²) in [6, 6.07) is 7.21. The zero-order valence-corrected chi connectivity index (χ0v) is 11.9. The number of fused-ring (bicyclic) bond motifs is 1. The molecule has 0 unspecified atom stereocenters. The Hall–Kier alpha value is -2.41. The molecule has 0 radical (unpaired) electrons. The summed E-state index contributed by atoms with van der Waals surface area (Å²) < 4.78 is 2.50. The number of hydrogen-bond donors (Lipinski definition) is 2. The molecule has 0 saturated heterocycles. The largest absolute Gasteiger partial charge is 0.399 e. The molecule has 7 heteroatoms. The first-order valence-corrected chi connectivity index (χ1v) is 6.82. The molecule has 0 atom stereocenters. The first-order valence-electron chi connectivity index (χ1n) is 6.01. The number of benzene rings is 1. The number of anilines is 2. The molecular weight excluding hydrogens is 274 g/mol. The van der Waals surface area contributed by atoms with Gasteiger partial charge in [0.05, 0.1) is 15.9 Å². The van der Waals surface area contributed by atoms with Gasteiger partial charge in [-0.1, -0.05) is 11.3 Å². The van der Waals surface area contributed by atoms with Gasteiger partial charge in [-0.05, 0) is 31.2 Å². The van der Waals surface area contributed by atoms with Crippen LogP contribution < -0.4 is 11.1 Å². The SMILES string of the molecule is Cc1cc(C(=O)Nc2nc3ccc(N)cc3s2)n(C)n1. The number of nitrogens with two attached hydrogens (primary N) is 1. The van der Waals surface area contributed by atoms with E-state index in [1.807, 2.05) is 19.1 Å². The number of hydrogen-bond acceptors (Lipinski definition) is 5. The normalized spacial score (nSPS) is 10.9. The summed E-state index contributed by atoms with van der Waals surface area (Å²) >= 11 is 1.39. The molecule has 3 rings (SSSR count). The van der Waals surface area contributed by atoms with Crippen molar-refractivity contribution in [2.45, 2.75) is 6.92 Å². The first kappa shape index (κ1) is 12.6. The van der Waals surface area contributed by atoms with Crippen molar-refractivity contribution in [2.75, 3.05) is 11.1 Å². The fourth-order valence-corrected chi connectivity index (χ4v) is 2.89. The molecule has 20 heavy (non-hydrogen) atoms. The standard InChI is InChI=1S/C13H13N5OS/c1-7-5-10(18(2)17-7)12(19)16-13-15-9-4-3-8(14)6-11(9)20-13/h3-6H,14H2,1-2H3,(H,15,16,19). The Morgan fingerprint density at radius 3 is 2.90 bits per heavy atom. The van der Waals surface area contributed by atoms with Gasteiger partial charge >= 0.3 is 0 Å². The number of aromatic nitrogens is 3. The van der Waals surface area contributed by atoms with Crippen molar-refractivity contribution in [3.63, 3.8) is 0 Å². The van der Waals surface area contributed by atoms with Gasteiger partial charge in [-0.2, -0.15) is 5.10 Å². The highest BCUT2D eigenvalue weighted by molar-refractivity contribution is 7.22. The molecular formula is C13H13N5OS. The Morgan fingerprint density at radius 2 is 2.20 bits per heavy atom. The number of thiazole rings is 1. The topological polar surface area (TPSA) is 85.8 Å². The van der Waals surface area contributed by atoms with Crippen LogP contribution in [0.15, 0.2) is 24.3 Å². The Labute approximate surface area is 119 Å². The van der Waals surface area contributed by atoms with Gasteiger partial charge in [-0.25, -0.2) is 4.98 Å². The van der Waals surface area contributed by atoms with Crippen LogP contribution in [0.4, 0.5) is 10.8 Å². The highest BCUT2D eigenvalue weighted by atomic mass is 32.1. The lowest BCUT2D eigenvalue weighted by Gasteiger charge is -2.00. The smallest absolute Gasteiger partial charge is 0.275 e. The van der Waals surface area contributed by atoms with Gasteiger partial charge in [0.15, 0.2) is 5.13 Å². The monoisotopic (exact) mass is 287 g/mol. The van der Waals surface area contributed by atoms with Crippen LogP contribution in [0.3, 0.4) is 0 Å². The second-order valence-corrected chi connectivity index (χ2v) is 5.53. The molecule has 6 nitrogen and oxygen atoms in total. The van der Waals surface area contributed by atoms with Gasteiger partial charge in [0, 0.05) is 12.7 Å². The van der Waals surface area contributed by atoms with Crippen molar-refractivity contribution >= 4 is 38.3 Å². The predicted octanol–water partition coefficient (Wildman–Crippen LogP) is 2.17. The summed E-state index contributed by atoms with van der Waals surface area (Å²) in [6.45, 7) is 1.84. The summed E-state index contributed by atoms with van der Waals surface area (Å²) in [6.07, 6.45) is 0. The molecule has 2 heterocycles. The van der Waals surface area contributed by atoms with Crippen molar-refractivity contribution in [2.24, 2.45) is 7.05 Å². The minimum atomic E-state index is -0.222. The number of aryl methyl sites for hydroxylation is 2. The van der Waals surface area contributed by atoms with E-state index in [0.29, 0.717) is 16.5 Å². The zero-order chi connectivity index (χ0) is 14.3. The van der Waals surface area contributed by atoms with Gasteiger partial charge < -0.3 is 5.73 Å². The maximum absolute atomic E-state index is 12.2. The minimum Gasteiger partial charge on any atom is -0.399 e. The van der Waals surface area contributed by atoms with Gasteiger partial charge in [0.25, 0.3) is 5.91 Å². The van der Waals surface area contributed by atoms with Crippen molar-refractivity contribution < 1.29 is 4.79 Å². The summed E-state index contributed by atoms with van der Waals surface area (Å²) in [4.78, 5) is 16.5. The van der Waals surface area contributed by atoms with E-state index in [4.69, 9.17) is 5.73 Å². The van der Waals surface area contributed by atoms with Crippen LogP contribution in [0.2, 0.25) is 0 Å². The summed E-state index contributed by atoms with van der Waals surface area (Å²) in [5.74, 6) is -0.222. The van der Waals surface area contributed by atoms with Gasteiger partial charge in [0.1, 0.15) is 5.69 Å². The van der Waals surface area contributed by atoms with Crippen LogP contribution in [0.1, 0.15) is 16.2 Å². The Kier molecular flexibility index (Phi) is 2.90. The number of nitrogens with zero attached hydrogens (tertiary/aromatic N) is 3. The fraction of sp³-hybridized carbons (Fsp3) is 0.154. The highest BCUT2D eigenvalue weighted by Gasteiger charge is 2.14. The van der Waals surface area contributed by atoms with Crippen LogP contribution in [0, 0.1) is 6.92 Å². The van der Waals surface area contributed by atoms with Crippen LogP contribution >= 0.6 is 11.3 Å². The third kappa shape index (κ3) is 2.23. The van der Waals surface area contributed by atoms with Crippen molar-refractivity contribution in [3.8, 4) is 0 Å². The van der Waals surface area contributed by atoms with E-state index in [9.17, 15) is 4.79 Å². The molecule has 0 fully saturated rings. The Bertz CT molecular complexity index is 804. The van der Waals surface area contributed by atoms with E-state index in [1.54, 1.807) is 23.9 Å². The second-order valence-electron chi connectivity index (χ2n) is 4.49. The molecule has 1 amide bonds. The third-order valence-electron chi connectivity index (χ3n) is 2.87.